The predicted octanol–water partition coefficient (Wildman–Crippen LogP) is 2.26. The maximum Gasteiger partial charge on any atom is 0.229 e. The highest BCUT2D eigenvalue weighted by molar-refractivity contribution is 5.88. The Hall–Kier alpha value is -2.32. The molecule has 1 unspecified atom stereocenters. The molecule has 2 saturated heterocycles. The molecule has 0 aromatic carbocycles. The topological polar surface area (TPSA) is 89.5 Å². The Morgan fingerprint density at radius 1 is 1.07 bits per heavy atom. The Bertz CT molecular complexity index is 837. The number of rotatable bonds is 4. The second kappa shape index (κ2) is 9.66. The predicted molar refractivity (Wildman–Crippen MR) is 114 cm³/mol. The van der Waals surface area contributed by atoms with Crippen molar-refractivity contribution in [1.82, 2.24) is 20.3 Å². The van der Waals surface area contributed by atoms with Crippen LogP contribution in [0.1, 0.15) is 51.2 Å². The lowest BCUT2D eigenvalue weighted by Crippen LogP contribution is -2.38. The molecule has 0 saturated carbocycles. The Kier molecular flexibility index (Phi) is 6.74. The van der Waals surface area contributed by atoms with E-state index >= 15 is 0 Å². The molecule has 30 heavy (non-hydrogen) atoms. The Labute approximate surface area is 177 Å². The van der Waals surface area contributed by atoms with Crippen LogP contribution in [0.4, 0.5) is 5.95 Å². The Morgan fingerprint density at radius 3 is 2.70 bits per heavy atom. The number of nitrogens with one attached hydrogen (secondary N) is 1. The number of aromatic nitrogens is 3. The van der Waals surface area contributed by atoms with E-state index < -0.39 is 0 Å². The molecule has 4 rings (SSSR count). The first-order valence-electron chi connectivity index (χ1n) is 10.9. The van der Waals surface area contributed by atoms with Crippen LogP contribution in [0.15, 0.2) is 17.3 Å². The van der Waals surface area contributed by atoms with Crippen molar-refractivity contribution in [3.05, 3.63) is 29.0 Å². The molecular weight excluding hydrogens is 382 g/mol. The van der Waals surface area contributed by atoms with E-state index in [0.717, 1.165) is 74.7 Å². The number of ether oxygens (including phenoxy) is 2. The maximum atomic E-state index is 12.0. The van der Waals surface area contributed by atoms with Gasteiger partial charge < -0.3 is 19.7 Å². The number of anilines is 1. The monoisotopic (exact) mass is 413 g/mol. The average molecular weight is 414 g/mol. The lowest BCUT2D eigenvalue weighted by molar-refractivity contribution is -0.119. The van der Waals surface area contributed by atoms with Crippen LogP contribution in [0.25, 0.3) is 5.57 Å². The number of hydrogen-bond donors (Lipinski definition) is 1. The van der Waals surface area contributed by atoms with Crippen molar-refractivity contribution in [3.8, 4) is 0 Å². The van der Waals surface area contributed by atoms with E-state index in [9.17, 15) is 4.79 Å². The average Bonchev–Trinajstić information content (AvgIpc) is 3.07. The van der Waals surface area contributed by atoms with Crippen LogP contribution >= 0.6 is 0 Å². The van der Waals surface area contributed by atoms with Gasteiger partial charge in [0.1, 0.15) is 5.82 Å². The molecule has 1 aromatic rings. The molecule has 2 fully saturated rings. The molecule has 0 spiro atoms. The quantitative estimate of drug-likeness (QED) is 0.810. The van der Waals surface area contributed by atoms with Crippen LogP contribution in [0, 0.1) is 5.92 Å². The van der Waals surface area contributed by atoms with Gasteiger partial charge in [-0.1, -0.05) is 6.08 Å². The molecule has 1 aromatic heterocycles. The van der Waals surface area contributed by atoms with Crippen LogP contribution < -0.4 is 10.2 Å². The lowest BCUT2D eigenvalue weighted by Gasteiger charge is -2.27. The molecule has 1 N–H and O–H groups in total. The van der Waals surface area contributed by atoms with E-state index in [2.05, 4.69) is 10.2 Å². The van der Waals surface area contributed by atoms with Crippen LogP contribution in [0.2, 0.25) is 0 Å². The fourth-order valence-corrected chi connectivity index (χ4v) is 4.26. The summed E-state index contributed by atoms with van der Waals surface area (Å²) in [5, 5.41) is 2.97. The van der Waals surface area contributed by atoms with Gasteiger partial charge in [-0.2, -0.15) is 9.97 Å². The third-order valence-corrected chi connectivity index (χ3v) is 5.92. The Morgan fingerprint density at radius 2 is 1.87 bits per heavy atom. The molecule has 0 radical (unpaired) electrons. The van der Waals surface area contributed by atoms with E-state index in [4.69, 9.17) is 24.4 Å². The van der Waals surface area contributed by atoms with Gasteiger partial charge in [0.2, 0.25) is 11.9 Å². The third-order valence-electron chi connectivity index (χ3n) is 5.92. The zero-order chi connectivity index (χ0) is 20.9. The summed E-state index contributed by atoms with van der Waals surface area (Å²) in [5.41, 5.74) is 2.70. The highest BCUT2D eigenvalue weighted by Crippen LogP contribution is 2.28. The normalized spacial score (nSPS) is 23.5. The van der Waals surface area contributed by atoms with Gasteiger partial charge in [0.05, 0.1) is 13.2 Å². The molecule has 8 nitrogen and oxygen atoms in total. The number of allylic oxidation sites excluding steroid dienone is 3. The van der Waals surface area contributed by atoms with Gasteiger partial charge in [-0.3, -0.25) is 4.79 Å². The minimum absolute atomic E-state index is 0.0111. The van der Waals surface area contributed by atoms with Crippen molar-refractivity contribution < 1.29 is 14.3 Å². The minimum Gasteiger partial charge on any atom is -0.381 e. The fourth-order valence-electron chi connectivity index (χ4n) is 4.26. The molecule has 0 bridgehead atoms. The molecule has 3 aliphatic rings. The second-order valence-corrected chi connectivity index (χ2v) is 8.23. The zero-order valence-electron chi connectivity index (χ0n) is 17.9. The van der Waals surface area contributed by atoms with E-state index in [1.165, 1.54) is 0 Å². The number of morpholine rings is 1. The molecule has 3 aliphatic heterocycles. The minimum atomic E-state index is -0.0111. The molecule has 4 heterocycles. The second-order valence-electron chi connectivity index (χ2n) is 8.23. The summed E-state index contributed by atoms with van der Waals surface area (Å²) < 4.78 is 11.1. The van der Waals surface area contributed by atoms with Crippen molar-refractivity contribution in [2.24, 2.45) is 5.92 Å². The molecular formula is C22H31N5O3. The first-order chi connectivity index (χ1) is 14.6. The first-order valence-corrected chi connectivity index (χ1v) is 10.9. The van der Waals surface area contributed by atoms with Gasteiger partial charge >= 0.3 is 0 Å². The molecule has 8 heteroatoms. The van der Waals surface area contributed by atoms with Gasteiger partial charge in [-0.15, -0.1) is 0 Å². The van der Waals surface area contributed by atoms with Crippen molar-refractivity contribution >= 4 is 17.4 Å². The van der Waals surface area contributed by atoms with Crippen molar-refractivity contribution in [2.45, 2.75) is 46.0 Å². The van der Waals surface area contributed by atoms with Crippen molar-refractivity contribution in [2.75, 3.05) is 44.4 Å². The van der Waals surface area contributed by atoms with Crippen LogP contribution in [0.3, 0.4) is 0 Å². The maximum absolute atomic E-state index is 12.0. The van der Waals surface area contributed by atoms with Crippen LogP contribution in [0.5, 0.6) is 0 Å². The molecule has 1 atom stereocenters. The van der Waals surface area contributed by atoms with Crippen molar-refractivity contribution in [1.29, 1.82) is 0 Å². The highest BCUT2D eigenvalue weighted by Gasteiger charge is 2.23. The number of carbonyl (C=O) groups is 1. The largest absolute Gasteiger partial charge is 0.381 e. The molecule has 1 amide bonds. The standard InChI is InChI=1S/C22H31N5O3/c1-15-5-6-19(28)23-16(2)20(15)21-24-18(14-17-4-3-10-29-11-7-17)25-22(26-21)27-8-12-30-13-9-27/h5,17H,3-4,6-14H2,1-2H3,(H,23,28). The summed E-state index contributed by atoms with van der Waals surface area (Å²) in [4.78, 5) is 28.7. The third kappa shape index (κ3) is 5.05. The SMILES string of the molecule is CC1=CCC(=O)NC(C)=C1c1nc(CC2CCCOCC2)nc(N2CCOCC2)n1. The van der Waals surface area contributed by atoms with Gasteiger partial charge in [-0.05, 0) is 44.6 Å². The number of amides is 1. The van der Waals surface area contributed by atoms with Gasteiger partial charge in [0.15, 0.2) is 5.82 Å². The molecule has 162 valence electrons. The van der Waals surface area contributed by atoms with Gasteiger partial charge in [0, 0.05) is 50.4 Å². The summed E-state index contributed by atoms with van der Waals surface area (Å²) in [6.07, 6.45) is 6.37. The summed E-state index contributed by atoms with van der Waals surface area (Å²) >= 11 is 0. The molecule has 0 aliphatic carbocycles. The summed E-state index contributed by atoms with van der Waals surface area (Å²) in [6.45, 7) is 8.45. The van der Waals surface area contributed by atoms with E-state index in [0.29, 0.717) is 37.3 Å². The number of nitrogens with zero attached hydrogens (tertiary/aromatic N) is 4. The Balaban J connectivity index is 1.71. The van der Waals surface area contributed by atoms with E-state index in [1.807, 2.05) is 19.9 Å². The van der Waals surface area contributed by atoms with Crippen LogP contribution in [-0.4, -0.2) is 60.4 Å². The highest BCUT2D eigenvalue weighted by atomic mass is 16.5. The van der Waals surface area contributed by atoms with E-state index in [1.54, 1.807) is 0 Å². The number of carbonyl (C=O) groups excluding carboxylic acids is 1. The number of hydrogen-bond acceptors (Lipinski definition) is 7. The summed E-state index contributed by atoms with van der Waals surface area (Å²) in [7, 11) is 0. The van der Waals surface area contributed by atoms with Gasteiger partial charge in [0.25, 0.3) is 0 Å². The zero-order valence-corrected chi connectivity index (χ0v) is 17.9. The smallest absolute Gasteiger partial charge is 0.229 e. The van der Waals surface area contributed by atoms with E-state index in [-0.39, 0.29) is 5.91 Å². The van der Waals surface area contributed by atoms with Gasteiger partial charge in [-0.25, -0.2) is 4.98 Å². The fraction of sp³-hybridized carbons (Fsp3) is 0.636. The summed E-state index contributed by atoms with van der Waals surface area (Å²) in [6, 6.07) is 0. The lowest BCUT2D eigenvalue weighted by atomic mass is 9.96. The summed E-state index contributed by atoms with van der Waals surface area (Å²) in [5.74, 6) is 2.66. The first kappa shape index (κ1) is 20.9. The van der Waals surface area contributed by atoms with Crippen molar-refractivity contribution in [3.63, 3.8) is 0 Å². The van der Waals surface area contributed by atoms with Crippen LogP contribution in [-0.2, 0) is 20.7 Å².